The highest BCUT2D eigenvalue weighted by atomic mass is 16.2. The monoisotopic (exact) mass is 444 g/mol. The second-order valence-corrected chi connectivity index (χ2v) is 8.85. The summed E-state index contributed by atoms with van der Waals surface area (Å²) < 4.78 is 1.38. The number of hydrogen-bond acceptors (Lipinski definition) is 6. The molecule has 33 heavy (non-hydrogen) atoms. The van der Waals surface area contributed by atoms with Crippen LogP contribution in [-0.2, 0) is 17.6 Å². The molecule has 1 fully saturated rings. The van der Waals surface area contributed by atoms with Crippen LogP contribution in [0, 0.1) is 6.92 Å². The van der Waals surface area contributed by atoms with Crippen LogP contribution in [0.2, 0.25) is 0 Å². The number of piperidine rings is 1. The Kier molecular flexibility index (Phi) is 6.00. The van der Waals surface area contributed by atoms with Crippen LogP contribution < -0.4 is 4.90 Å². The topological polar surface area (TPSA) is 84.2 Å². The number of nitrogens with zero attached hydrogens (tertiary/aromatic N) is 6. The van der Waals surface area contributed by atoms with E-state index in [1.807, 2.05) is 30.0 Å². The molecule has 1 atom stereocenters. The first-order valence-corrected chi connectivity index (χ1v) is 11.6. The Morgan fingerprint density at radius 1 is 1.15 bits per heavy atom. The molecule has 3 aromatic rings. The fourth-order valence-electron chi connectivity index (χ4n) is 4.79. The van der Waals surface area contributed by atoms with Crippen molar-refractivity contribution in [2.24, 2.45) is 0 Å². The molecule has 0 N–H and O–H groups in total. The number of carbonyl (C=O) groups excluding carboxylic acids is 2. The summed E-state index contributed by atoms with van der Waals surface area (Å²) in [4.78, 5) is 38.9. The number of aromatic nitrogens is 4. The summed E-state index contributed by atoms with van der Waals surface area (Å²) in [6, 6.07) is 12.0. The Hall–Kier alpha value is -3.39. The summed E-state index contributed by atoms with van der Waals surface area (Å²) in [5.74, 6) is 1.74. The molecule has 170 valence electrons. The van der Waals surface area contributed by atoms with Crippen LogP contribution in [0.5, 0.6) is 0 Å². The number of likely N-dealkylation sites (tertiary alicyclic amines) is 1. The Balaban J connectivity index is 1.32. The molecule has 0 saturated carbocycles. The molecule has 0 aliphatic carbocycles. The van der Waals surface area contributed by atoms with Gasteiger partial charge >= 0.3 is 0 Å². The van der Waals surface area contributed by atoms with Gasteiger partial charge in [0.1, 0.15) is 11.6 Å². The van der Waals surface area contributed by atoms with Crippen molar-refractivity contribution in [2.45, 2.75) is 38.5 Å². The molecule has 2 aromatic heterocycles. The lowest BCUT2D eigenvalue weighted by Crippen LogP contribution is -2.40. The molecule has 5 rings (SSSR count). The van der Waals surface area contributed by atoms with E-state index in [2.05, 4.69) is 22.1 Å². The molecule has 1 saturated heterocycles. The van der Waals surface area contributed by atoms with E-state index < -0.39 is 0 Å². The zero-order valence-corrected chi connectivity index (χ0v) is 18.9. The SMILES string of the molecule is Cc1nc([C@@H]2CCCN(CC(=O)n3cccn3)C2)nc2c1CC(=O)N2CCc1ccccc1. The van der Waals surface area contributed by atoms with Gasteiger partial charge < -0.3 is 0 Å². The molecule has 0 spiro atoms. The van der Waals surface area contributed by atoms with E-state index in [1.54, 1.807) is 18.5 Å². The number of aryl methyl sites for hydroxylation is 1. The zero-order chi connectivity index (χ0) is 22.8. The van der Waals surface area contributed by atoms with Gasteiger partial charge in [-0.25, -0.2) is 14.6 Å². The van der Waals surface area contributed by atoms with Gasteiger partial charge in [-0.05, 0) is 44.4 Å². The van der Waals surface area contributed by atoms with E-state index >= 15 is 0 Å². The number of benzene rings is 1. The normalized spacial score (nSPS) is 18.5. The maximum absolute atomic E-state index is 12.8. The molecule has 4 heterocycles. The van der Waals surface area contributed by atoms with Crippen LogP contribution in [0.15, 0.2) is 48.8 Å². The lowest BCUT2D eigenvalue weighted by Gasteiger charge is -2.31. The number of anilines is 1. The van der Waals surface area contributed by atoms with Crippen LogP contribution in [0.4, 0.5) is 5.82 Å². The molecule has 2 aliphatic rings. The minimum absolute atomic E-state index is 0.0376. The lowest BCUT2D eigenvalue weighted by atomic mass is 9.96. The smallest absolute Gasteiger partial charge is 0.260 e. The van der Waals surface area contributed by atoms with Crippen molar-refractivity contribution in [1.29, 1.82) is 0 Å². The third kappa shape index (κ3) is 4.57. The van der Waals surface area contributed by atoms with E-state index in [-0.39, 0.29) is 17.7 Å². The average Bonchev–Trinajstić information content (AvgIpc) is 3.47. The summed E-state index contributed by atoms with van der Waals surface area (Å²) in [5, 5.41) is 4.04. The van der Waals surface area contributed by atoms with Crippen molar-refractivity contribution in [3.8, 4) is 0 Å². The molecule has 1 aromatic carbocycles. The van der Waals surface area contributed by atoms with Gasteiger partial charge in [0.25, 0.3) is 5.91 Å². The number of carbonyl (C=O) groups is 2. The number of hydrogen-bond donors (Lipinski definition) is 0. The van der Waals surface area contributed by atoms with Gasteiger partial charge in [-0.3, -0.25) is 19.4 Å². The second kappa shape index (κ2) is 9.23. The Morgan fingerprint density at radius 3 is 2.79 bits per heavy atom. The van der Waals surface area contributed by atoms with Crippen LogP contribution in [0.3, 0.4) is 0 Å². The first-order chi connectivity index (χ1) is 16.1. The highest BCUT2D eigenvalue weighted by Gasteiger charge is 2.33. The Labute approximate surface area is 193 Å². The largest absolute Gasteiger partial charge is 0.296 e. The van der Waals surface area contributed by atoms with Gasteiger partial charge in [0, 0.05) is 42.7 Å². The first-order valence-electron chi connectivity index (χ1n) is 11.6. The van der Waals surface area contributed by atoms with E-state index in [1.165, 1.54) is 10.2 Å². The highest BCUT2D eigenvalue weighted by Crippen LogP contribution is 2.32. The molecule has 8 heteroatoms. The molecule has 0 radical (unpaired) electrons. The third-order valence-electron chi connectivity index (χ3n) is 6.55. The van der Waals surface area contributed by atoms with Crippen molar-refractivity contribution in [3.05, 3.63) is 71.4 Å². The van der Waals surface area contributed by atoms with E-state index in [4.69, 9.17) is 9.97 Å². The molecular formula is C25H28N6O2. The van der Waals surface area contributed by atoms with Gasteiger partial charge in [-0.15, -0.1) is 0 Å². The van der Waals surface area contributed by atoms with Crippen molar-refractivity contribution in [3.63, 3.8) is 0 Å². The Morgan fingerprint density at radius 2 is 2.00 bits per heavy atom. The van der Waals surface area contributed by atoms with E-state index in [0.717, 1.165) is 55.3 Å². The van der Waals surface area contributed by atoms with Crippen LogP contribution in [0.1, 0.15) is 46.2 Å². The van der Waals surface area contributed by atoms with E-state index in [0.29, 0.717) is 19.5 Å². The van der Waals surface area contributed by atoms with Crippen molar-refractivity contribution < 1.29 is 9.59 Å². The average molecular weight is 445 g/mol. The summed E-state index contributed by atoms with van der Waals surface area (Å²) in [7, 11) is 0. The van der Waals surface area contributed by atoms with Gasteiger partial charge in [0.2, 0.25) is 5.91 Å². The molecule has 0 unspecified atom stereocenters. The lowest BCUT2D eigenvalue weighted by molar-refractivity contribution is -0.117. The molecular weight excluding hydrogens is 416 g/mol. The predicted octanol–water partition coefficient (Wildman–Crippen LogP) is 2.63. The summed E-state index contributed by atoms with van der Waals surface area (Å²) >= 11 is 0. The standard InChI is InChI=1S/C25H28N6O2/c1-18-21-15-22(32)30(14-10-19-7-3-2-4-8-19)25(21)28-24(27-18)20-9-5-12-29(16-20)17-23(33)31-13-6-11-26-31/h2-4,6-8,11,13,20H,5,9-10,12,14-17H2,1H3/t20-/m1/s1. The number of fused-ring (bicyclic) bond motifs is 1. The summed E-state index contributed by atoms with van der Waals surface area (Å²) in [6.07, 6.45) is 6.40. The van der Waals surface area contributed by atoms with Gasteiger partial charge in [-0.1, -0.05) is 30.3 Å². The van der Waals surface area contributed by atoms with Crippen LogP contribution >= 0.6 is 0 Å². The highest BCUT2D eigenvalue weighted by molar-refractivity contribution is 6.00. The maximum atomic E-state index is 12.8. The molecule has 2 aliphatic heterocycles. The number of amides is 1. The molecule has 0 bridgehead atoms. The van der Waals surface area contributed by atoms with Gasteiger partial charge in [0.15, 0.2) is 0 Å². The number of rotatable bonds is 6. The maximum Gasteiger partial charge on any atom is 0.260 e. The molecule has 1 amide bonds. The van der Waals surface area contributed by atoms with E-state index in [9.17, 15) is 9.59 Å². The minimum atomic E-state index is -0.0376. The van der Waals surface area contributed by atoms with Crippen LogP contribution in [-0.4, -0.2) is 62.6 Å². The quantitative estimate of drug-likeness (QED) is 0.581. The summed E-state index contributed by atoms with van der Waals surface area (Å²) in [5.41, 5.74) is 3.03. The van der Waals surface area contributed by atoms with Gasteiger partial charge in [0.05, 0.1) is 13.0 Å². The first kappa shape index (κ1) is 21.5. The molecule has 8 nitrogen and oxygen atoms in total. The van der Waals surface area contributed by atoms with Crippen molar-refractivity contribution in [1.82, 2.24) is 24.6 Å². The fourth-order valence-corrected chi connectivity index (χ4v) is 4.79. The summed E-state index contributed by atoms with van der Waals surface area (Å²) in [6.45, 7) is 4.50. The third-order valence-corrected chi connectivity index (χ3v) is 6.55. The fraction of sp³-hybridized carbons (Fsp3) is 0.400. The van der Waals surface area contributed by atoms with Crippen molar-refractivity contribution >= 4 is 17.6 Å². The second-order valence-electron chi connectivity index (χ2n) is 8.85. The van der Waals surface area contributed by atoms with Crippen molar-refractivity contribution in [2.75, 3.05) is 31.1 Å². The Bertz CT molecular complexity index is 1150. The van der Waals surface area contributed by atoms with Gasteiger partial charge in [-0.2, -0.15) is 5.10 Å². The predicted molar refractivity (Wildman–Crippen MR) is 124 cm³/mol. The van der Waals surface area contributed by atoms with Crippen LogP contribution in [0.25, 0.3) is 0 Å². The zero-order valence-electron chi connectivity index (χ0n) is 18.9. The minimum Gasteiger partial charge on any atom is -0.296 e.